The van der Waals surface area contributed by atoms with Gasteiger partial charge >= 0.3 is 5.97 Å². The number of hydrogen-bond acceptors (Lipinski definition) is 3. The van der Waals surface area contributed by atoms with Gasteiger partial charge in [-0.05, 0) is 31.4 Å². The second-order valence-electron chi connectivity index (χ2n) is 5.20. The second kappa shape index (κ2) is 5.00. The first-order chi connectivity index (χ1) is 10.0. The fourth-order valence-electron chi connectivity index (χ4n) is 2.45. The van der Waals surface area contributed by atoms with Crippen molar-refractivity contribution in [3.8, 4) is 0 Å². The molecule has 1 fully saturated rings. The lowest BCUT2D eigenvalue weighted by Gasteiger charge is -2.38. The van der Waals surface area contributed by atoms with Crippen molar-refractivity contribution in [2.24, 2.45) is 0 Å². The molecule has 3 rings (SSSR count). The molecule has 2 aromatic rings. The molecule has 1 saturated carbocycles. The molecule has 0 unspecified atom stereocenters. The number of carboxylic acid groups (broad SMARTS) is 1. The molecular weight excluding hydrogens is 292 g/mol. The highest BCUT2D eigenvalue weighted by molar-refractivity contribution is 6.35. The van der Waals surface area contributed by atoms with Crippen molar-refractivity contribution in [2.75, 3.05) is 0 Å². The number of rotatable bonds is 3. The first-order valence-electron chi connectivity index (χ1n) is 6.63. The van der Waals surface area contributed by atoms with Crippen LogP contribution < -0.4 is 5.32 Å². The molecule has 1 aromatic heterocycles. The minimum absolute atomic E-state index is 0.131. The van der Waals surface area contributed by atoms with Gasteiger partial charge in [0.25, 0.3) is 5.91 Å². The Morgan fingerprint density at radius 1 is 1.29 bits per heavy atom. The molecule has 21 heavy (non-hydrogen) atoms. The summed E-state index contributed by atoms with van der Waals surface area (Å²) in [5, 5.41) is 13.0. The second-order valence-corrected chi connectivity index (χ2v) is 5.61. The Hall–Kier alpha value is -2.14. The topological polar surface area (TPSA) is 79.3 Å². The van der Waals surface area contributed by atoms with Crippen molar-refractivity contribution in [3.05, 3.63) is 41.0 Å². The number of nitrogens with one attached hydrogen (secondary N) is 1. The average molecular weight is 305 g/mol. The zero-order valence-corrected chi connectivity index (χ0v) is 11.9. The number of amides is 1. The molecule has 1 aliphatic rings. The molecule has 0 radical (unpaired) electrons. The van der Waals surface area contributed by atoms with E-state index in [9.17, 15) is 14.7 Å². The van der Waals surface area contributed by atoms with Gasteiger partial charge in [0.15, 0.2) is 0 Å². The lowest BCUT2D eigenvalue weighted by atomic mass is 9.76. The summed E-state index contributed by atoms with van der Waals surface area (Å²) >= 11 is 6.15. The van der Waals surface area contributed by atoms with Gasteiger partial charge in [-0.3, -0.25) is 4.79 Å². The average Bonchev–Trinajstić information content (AvgIpc) is 2.42. The molecule has 6 heteroatoms. The van der Waals surface area contributed by atoms with Crippen LogP contribution in [0.25, 0.3) is 10.9 Å². The Labute approximate surface area is 125 Å². The number of para-hydroxylation sites is 1. The lowest BCUT2D eigenvalue weighted by Crippen LogP contribution is -2.59. The molecule has 0 saturated heterocycles. The van der Waals surface area contributed by atoms with Gasteiger partial charge in [0.1, 0.15) is 11.2 Å². The zero-order chi connectivity index (χ0) is 15.0. The maximum atomic E-state index is 12.3. The number of carboxylic acids is 1. The fraction of sp³-hybridized carbons (Fsp3) is 0.267. The van der Waals surface area contributed by atoms with E-state index in [1.165, 1.54) is 6.07 Å². The summed E-state index contributed by atoms with van der Waals surface area (Å²) < 4.78 is 0. The third-order valence-corrected chi connectivity index (χ3v) is 4.18. The summed E-state index contributed by atoms with van der Waals surface area (Å²) in [5.74, 6) is -1.52. The number of benzene rings is 1. The van der Waals surface area contributed by atoms with Crippen molar-refractivity contribution in [1.82, 2.24) is 10.3 Å². The van der Waals surface area contributed by atoms with Crippen molar-refractivity contribution in [1.29, 1.82) is 0 Å². The Kier molecular flexibility index (Phi) is 3.29. The monoisotopic (exact) mass is 304 g/mol. The molecular formula is C15H13ClN2O3. The van der Waals surface area contributed by atoms with E-state index in [4.69, 9.17) is 11.6 Å². The lowest BCUT2D eigenvalue weighted by molar-refractivity contribution is -0.148. The van der Waals surface area contributed by atoms with Gasteiger partial charge in [0.05, 0.1) is 10.5 Å². The van der Waals surface area contributed by atoms with E-state index in [0.29, 0.717) is 23.4 Å². The predicted molar refractivity (Wildman–Crippen MR) is 78.4 cm³/mol. The van der Waals surface area contributed by atoms with E-state index in [2.05, 4.69) is 10.3 Å². The Morgan fingerprint density at radius 2 is 2.00 bits per heavy atom. The van der Waals surface area contributed by atoms with Crippen LogP contribution in [0.1, 0.15) is 29.8 Å². The van der Waals surface area contributed by atoms with Crippen LogP contribution in [0.2, 0.25) is 5.02 Å². The molecule has 0 aliphatic heterocycles. The summed E-state index contributed by atoms with van der Waals surface area (Å²) in [6.07, 6.45) is 1.67. The number of aromatic nitrogens is 1. The number of halogens is 1. The number of aliphatic carboxylic acids is 1. The van der Waals surface area contributed by atoms with Crippen LogP contribution in [0.5, 0.6) is 0 Å². The molecule has 0 atom stereocenters. The van der Waals surface area contributed by atoms with Crippen LogP contribution in [0.15, 0.2) is 30.3 Å². The Bertz CT molecular complexity index is 741. The Balaban J connectivity index is 1.93. The van der Waals surface area contributed by atoms with Crippen molar-refractivity contribution >= 4 is 34.4 Å². The Morgan fingerprint density at radius 3 is 2.62 bits per heavy atom. The fourth-order valence-corrected chi connectivity index (χ4v) is 2.72. The van der Waals surface area contributed by atoms with Crippen LogP contribution in [0.3, 0.4) is 0 Å². The van der Waals surface area contributed by atoms with Crippen LogP contribution >= 0.6 is 11.6 Å². The predicted octanol–water partition coefficient (Wildman–Crippen LogP) is 2.63. The van der Waals surface area contributed by atoms with E-state index in [1.54, 1.807) is 12.1 Å². The number of pyridine rings is 1. The molecule has 0 spiro atoms. The minimum atomic E-state index is -1.16. The minimum Gasteiger partial charge on any atom is -0.480 e. The molecule has 1 aromatic carbocycles. The maximum absolute atomic E-state index is 12.3. The molecule has 2 N–H and O–H groups in total. The molecule has 0 bridgehead atoms. The van der Waals surface area contributed by atoms with E-state index in [-0.39, 0.29) is 5.69 Å². The van der Waals surface area contributed by atoms with Crippen LogP contribution in [0.4, 0.5) is 0 Å². The van der Waals surface area contributed by atoms with E-state index < -0.39 is 17.4 Å². The maximum Gasteiger partial charge on any atom is 0.329 e. The first-order valence-corrected chi connectivity index (χ1v) is 7.01. The number of fused-ring (bicyclic) bond motifs is 1. The summed E-state index contributed by atoms with van der Waals surface area (Å²) in [5.41, 5.74) is -0.420. The van der Waals surface area contributed by atoms with Gasteiger partial charge < -0.3 is 10.4 Å². The van der Waals surface area contributed by atoms with Gasteiger partial charge in [-0.2, -0.15) is 0 Å². The highest BCUT2D eigenvalue weighted by Crippen LogP contribution is 2.32. The third kappa shape index (κ3) is 2.34. The number of hydrogen-bond donors (Lipinski definition) is 2. The first kappa shape index (κ1) is 13.8. The van der Waals surface area contributed by atoms with E-state index in [1.807, 2.05) is 12.1 Å². The van der Waals surface area contributed by atoms with Crippen LogP contribution in [-0.4, -0.2) is 27.5 Å². The van der Waals surface area contributed by atoms with Crippen molar-refractivity contribution in [2.45, 2.75) is 24.8 Å². The number of carbonyl (C=O) groups excluding carboxylic acids is 1. The van der Waals surface area contributed by atoms with Crippen molar-refractivity contribution in [3.63, 3.8) is 0 Å². The zero-order valence-electron chi connectivity index (χ0n) is 11.1. The molecule has 108 valence electrons. The summed E-state index contributed by atoms with van der Waals surface area (Å²) in [7, 11) is 0. The molecule has 1 amide bonds. The molecule has 1 aliphatic carbocycles. The number of carbonyl (C=O) groups is 2. The van der Waals surface area contributed by atoms with Gasteiger partial charge in [0.2, 0.25) is 0 Å². The third-order valence-electron chi connectivity index (χ3n) is 3.87. The highest BCUT2D eigenvalue weighted by Gasteiger charge is 2.46. The van der Waals surface area contributed by atoms with Gasteiger partial charge in [-0.1, -0.05) is 29.8 Å². The normalized spacial score (nSPS) is 16.2. The van der Waals surface area contributed by atoms with Crippen LogP contribution in [-0.2, 0) is 4.79 Å². The van der Waals surface area contributed by atoms with Gasteiger partial charge in [-0.25, -0.2) is 9.78 Å². The SMILES string of the molecule is O=C(NC1(C(=O)O)CCC1)c1cc(Cl)c2ccccc2n1. The molecule has 5 nitrogen and oxygen atoms in total. The smallest absolute Gasteiger partial charge is 0.329 e. The largest absolute Gasteiger partial charge is 0.480 e. The van der Waals surface area contributed by atoms with E-state index in [0.717, 1.165) is 11.8 Å². The summed E-state index contributed by atoms with van der Waals surface area (Å²) in [6.45, 7) is 0. The highest BCUT2D eigenvalue weighted by atomic mass is 35.5. The van der Waals surface area contributed by atoms with Crippen LogP contribution in [0, 0.1) is 0 Å². The standard InChI is InChI=1S/C15H13ClN2O3/c16-10-8-12(17-11-5-2-1-4-9(10)11)13(19)18-15(14(20)21)6-3-7-15/h1-2,4-5,8H,3,6-7H2,(H,18,19)(H,20,21). The van der Waals surface area contributed by atoms with Gasteiger partial charge in [0, 0.05) is 5.39 Å². The van der Waals surface area contributed by atoms with E-state index >= 15 is 0 Å². The molecule has 1 heterocycles. The number of nitrogens with zero attached hydrogens (tertiary/aromatic N) is 1. The van der Waals surface area contributed by atoms with Gasteiger partial charge in [-0.15, -0.1) is 0 Å². The van der Waals surface area contributed by atoms with Crippen molar-refractivity contribution < 1.29 is 14.7 Å². The quantitative estimate of drug-likeness (QED) is 0.913. The summed E-state index contributed by atoms with van der Waals surface area (Å²) in [6, 6.07) is 8.68. The summed E-state index contributed by atoms with van der Waals surface area (Å²) in [4.78, 5) is 27.8.